The second-order valence-electron chi connectivity index (χ2n) is 6.64. The van der Waals surface area contributed by atoms with Gasteiger partial charge in [0.05, 0.1) is 0 Å². The average molecular weight is 382 g/mol. The highest BCUT2D eigenvalue weighted by Gasteiger charge is 2.13. The van der Waals surface area contributed by atoms with Crippen molar-refractivity contribution in [3.8, 4) is 22.9 Å². The fourth-order valence-electron chi connectivity index (χ4n) is 3.02. The summed E-state index contributed by atoms with van der Waals surface area (Å²) in [5.74, 6) is 1.01. The van der Waals surface area contributed by atoms with Crippen molar-refractivity contribution in [1.29, 1.82) is 0 Å². The van der Waals surface area contributed by atoms with Crippen molar-refractivity contribution in [3.63, 3.8) is 0 Å². The molecule has 0 atom stereocenters. The summed E-state index contributed by atoms with van der Waals surface area (Å²) in [6.07, 6.45) is 0. The molecule has 29 heavy (non-hydrogen) atoms. The van der Waals surface area contributed by atoms with E-state index in [1.54, 1.807) is 0 Å². The maximum absolute atomic E-state index is 6.19. The van der Waals surface area contributed by atoms with Crippen molar-refractivity contribution in [2.45, 2.75) is 13.2 Å². The number of anilines is 1. The normalized spacial score (nSPS) is 10.5. The summed E-state index contributed by atoms with van der Waals surface area (Å²) in [7, 11) is 0. The summed E-state index contributed by atoms with van der Waals surface area (Å²) in [6, 6.07) is 31.5. The lowest BCUT2D eigenvalue weighted by Crippen LogP contribution is -2.03. The van der Waals surface area contributed by atoms with E-state index in [1.165, 1.54) is 0 Å². The quantitative estimate of drug-likeness (QED) is 0.430. The molecule has 2 N–H and O–H groups in total. The van der Waals surface area contributed by atoms with Gasteiger partial charge in [0.1, 0.15) is 13.2 Å². The van der Waals surface area contributed by atoms with Gasteiger partial charge in [-0.3, -0.25) is 0 Å². The van der Waals surface area contributed by atoms with Crippen LogP contribution in [0.25, 0.3) is 11.1 Å². The smallest absolute Gasteiger partial charge is 0.225 e. The zero-order valence-electron chi connectivity index (χ0n) is 16.0. The van der Waals surface area contributed by atoms with Crippen molar-refractivity contribution >= 4 is 5.69 Å². The summed E-state index contributed by atoms with van der Waals surface area (Å²) in [5.41, 5.74) is 10.7. The van der Waals surface area contributed by atoms with Crippen LogP contribution < -0.4 is 15.2 Å². The second kappa shape index (κ2) is 8.93. The Morgan fingerprint density at radius 2 is 1.17 bits per heavy atom. The van der Waals surface area contributed by atoms with Gasteiger partial charge in [-0.2, -0.15) is 4.98 Å². The van der Waals surface area contributed by atoms with Crippen LogP contribution in [0, 0.1) is 0 Å². The van der Waals surface area contributed by atoms with Crippen LogP contribution in [-0.2, 0) is 13.2 Å². The Kier molecular flexibility index (Phi) is 5.72. The van der Waals surface area contributed by atoms with E-state index < -0.39 is 0 Å². The lowest BCUT2D eigenvalue weighted by atomic mass is 10.1. The first-order chi connectivity index (χ1) is 14.3. The Morgan fingerprint density at radius 1 is 0.586 bits per heavy atom. The number of benzene rings is 3. The third-order valence-electron chi connectivity index (χ3n) is 4.53. The lowest BCUT2D eigenvalue weighted by molar-refractivity contribution is 0.268. The average Bonchev–Trinajstić information content (AvgIpc) is 2.78. The molecule has 0 bridgehead atoms. The van der Waals surface area contributed by atoms with Crippen LogP contribution in [0.1, 0.15) is 11.1 Å². The topological polar surface area (TPSA) is 57.4 Å². The minimum Gasteiger partial charge on any atom is -0.473 e. The molecule has 4 aromatic rings. The van der Waals surface area contributed by atoms with Gasteiger partial charge in [-0.15, -0.1) is 0 Å². The minimum atomic E-state index is 0.412. The van der Waals surface area contributed by atoms with E-state index in [9.17, 15) is 0 Å². The summed E-state index contributed by atoms with van der Waals surface area (Å²) in [5, 5.41) is 0. The number of nitrogens with two attached hydrogens (primary N) is 1. The Labute approximate surface area is 170 Å². The molecule has 0 aliphatic carbocycles. The van der Waals surface area contributed by atoms with E-state index in [0.717, 1.165) is 22.3 Å². The van der Waals surface area contributed by atoms with Crippen molar-refractivity contribution in [1.82, 2.24) is 4.98 Å². The summed E-state index contributed by atoms with van der Waals surface area (Å²) in [6.45, 7) is 0.856. The van der Waals surface area contributed by atoms with Gasteiger partial charge in [0, 0.05) is 22.9 Å². The van der Waals surface area contributed by atoms with E-state index in [0.29, 0.717) is 30.7 Å². The predicted molar refractivity (Wildman–Crippen MR) is 116 cm³/mol. The first-order valence-electron chi connectivity index (χ1n) is 9.49. The van der Waals surface area contributed by atoms with Crippen molar-refractivity contribution < 1.29 is 9.47 Å². The third-order valence-corrected chi connectivity index (χ3v) is 4.53. The standard InChI is InChI=1S/C25H22N2O2/c26-23-14-8-7-13-21(23)22-15-16-24(28-17-19-9-3-1-4-10-19)27-25(22)29-18-20-11-5-2-6-12-20/h1-16H,17-18,26H2. The molecule has 0 saturated carbocycles. The van der Waals surface area contributed by atoms with Gasteiger partial charge < -0.3 is 15.2 Å². The molecule has 0 saturated heterocycles. The molecule has 144 valence electrons. The van der Waals surface area contributed by atoms with E-state index in [1.807, 2.05) is 97.1 Å². The maximum atomic E-state index is 6.19. The Morgan fingerprint density at radius 3 is 1.83 bits per heavy atom. The zero-order chi connectivity index (χ0) is 19.9. The van der Waals surface area contributed by atoms with E-state index >= 15 is 0 Å². The van der Waals surface area contributed by atoms with Gasteiger partial charge in [-0.25, -0.2) is 0 Å². The molecule has 0 unspecified atom stereocenters. The van der Waals surface area contributed by atoms with Crippen LogP contribution in [0.5, 0.6) is 11.8 Å². The van der Waals surface area contributed by atoms with Gasteiger partial charge in [0.2, 0.25) is 11.8 Å². The summed E-state index contributed by atoms with van der Waals surface area (Å²) < 4.78 is 12.0. The van der Waals surface area contributed by atoms with Gasteiger partial charge in [0.15, 0.2) is 0 Å². The molecule has 0 aliphatic heterocycles. The number of nitrogen functional groups attached to an aromatic ring is 1. The number of pyridine rings is 1. The zero-order valence-corrected chi connectivity index (χ0v) is 16.0. The fraction of sp³-hybridized carbons (Fsp3) is 0.0800. The number of para-hydroxylation sites is 1. The van der Waals surface area contributed by atoms with Crippen molar-refractivity contribution in [2.24, 2.45) is 0 Å². The molecule has 0 fully saturated rings. The summed E-state index contributed by atoms with van der Waals surface area (Å²) >= 11 is 0. The van der Waals surface area contributed by atoms with Gasteiger partial charge in [0.25, 0.3) is 0 Å². The first-order valence-corrected chi connectivity index (χ1v) is 9.49. The number of rotatable bonds is 7. The molecule has 4 heteroatoms. The third kappa shape index (κ3) is 4.74. The molecule has 1 heterocycles. The molecule has 0 spiro atoms. The molecule has 3 aromatic carbocycles. The van der Waals surface area contributed by atoms with Gasteiger partial charge >= 0.3 is 0 Å². The molecular formula is C25H22N2O2. The highest BCUT2D eigenvalue weighted by Crippen LogP contribution is 2.34. The predicted octanol–water partition coefficient (Wildman–Crippen LogP) is 5.49. The first kappa shape index (κ1) is 18.6. The van der Waals surface area contributed by atoms with E-state index in [2.05, 4.69) is 4.98 Å². The highest BCUT2D eigenvalue weighted by molar-refractivity contribution is 5.79. The van der Waals surface area contributed by atoms with Crippen molar-refractivity contribution in [3.05, 3.63) is 108 Å². The minimum absolute atomic E-state index is 0.412. The van der Waals surface area contributed by atoms with Crippen LogP contribution in [0.4, 0.5) is 5.69 Å². The molecule has 0 radical (unpaired) electrons. The van der Waals surface area contributed by atoms with Crippen LogP contribution >= 0.6 is 0 Å². The SMILES string of the molecule is Nc1ccccc1-c1ccc(OCc2ccccc2)nc1OCc1ccccc1. The second-order valence-corrected chi connectivity index (χ2v) is 6.64. The molecule has 4 rings (SSSR count). The van der Waals surface area contributed by atoms with E-state index in [4.69, 9.17) is 15.2 Å². The van der Waals surface area contributed by atoms with E-state index in [-0.39, 0.29) is 0 Å². The maximum Gasteiger partial charge on any atom is 0.225 e. The van der Waals surface area contributed by atoms with Gasteiger partial charge in [-0.1, -0.05) is 78.9 Å². The number of hydrogen-bond acceptors (Lipinski definition) is 4. The molecular weight excluding hydrogens is 360 g/mol. The summed E-state index contributed by atoms with van der Waals surface area (Å²) in [4.78, 5) is 4.62. The number of nitrogens with zero attached hydrogens (tertiary/aromatic N) is 1. The Balaban J connectivity index is 1.61. The number of hydrogen-bond donors (Lipinski definition) is 1. The monoisotopic (exact) mass is 382 g/mol. The number of aromatic nitrogens is 1. The van der Waals surface area contributed by atoms with Crippen molar-refractivity contribution in [2.75, 3.05) is 5.73 Å². The number of ether oxygens (including phenoxy) is 2. The largest absolute Gasteiger partial charge is 0.473 e. The molecule has 0 aliphatic rings. The van der Waals surface area contributed by atoms with Gasteiger partial charge in [-0.05, 0) is 23.3 Å². The lowest BCUT2D eigenvalue weighted by Gasteiger charge is -2.14. The van der Waals surface area contributed by atoms with Crippen LogP contribution in [0.3, 0.4) is 0 Å². The van der Waals surface area contributed by atoms with Crippen LogP contribution in [0.15, 0.2) is 97.1 Å². The highest BCUT2D eigenvalue weighted by atomic mass is 16.5. The van der Waals surface area contributed by atoms with Crippen LogP contribution in [0.2, 0.25) is 0 Å². The molecule has 4 nitrogen and oxygen atoms in total. The fourth-order valence-corrected chi connectivity index (χ4v) is 3.02. The Hall–Kier alpha value is -3.79. The van der Waals surface area contributed by atoms with Crippen LogP contribution in [-0.4, -0.2) is 4.98 Å². The molecule has 1 aromatic heterocycles. The Bertz CT molecular complexity index is 1070. The molecule has 0 amide bonds.